The van der Waals surface area contributed by atoms with E-state index in [1.54, 1.807) is 19.2 Å². The molecular weight excluding hydrogens is 364 g/mol. The molecule has 0 saturated carbocycles. The van der Waals surface area contributed by atoms with Crippen LogP contribution < -0.4 is 5.32 Å². The highest BCUT2D eigenvalue weighted by Crippen LogP contribution is 2.25. The molecule has 28 heavy (non-hydrogen) atoms. The third-order valence-corrected chi connectivity index (χ3v) is 5.93. The van der Waals surface area contributed by atoms with Gasteiger partial charge in [0.05, 0.1) is 12.5 Å². The van der Waals surface area contributed by atoms with Crippen LogP contribution in [0.4, 0.5) is 8.78 Å². The highest BCUT2D eigenvalue weighted by Gasteiger charge is 2.31. The van der Waals surface area contributed by atoms with Crippen molar-refractivity contribution in [2.75, 3.05) is 46.4 Å². The average molecular weight is 395 g/mol. The summed E-state index contributed by atoms with van der Waals surface area (Å²) in [5.74, 6) is -1.34. The Balaban J connectivity index is 1.46. The van der Waals surface area contributed by atoms with E-state index in [-0.39, 0.29) is 11.8 Å². The number of methoxy groups -OCH3 is 1. The minimum Gasteiger partial charge on any atom is -0.383 e. The van der Waals surface area contributed by atoms with E-state index in [9.17, 15) is 13.6 Å². The largest absolute Gasteiger partial charge is 0.383 e. The molecule has 2 saturated heterocycles. The standard InChI is InChI=1S/C21H31F2N3O2/c1-28-13-9-24-21(27)17-5-3-10-26(15-17)18-7-11-25(12-8-18)14-16-4-2-6-19(22)20(16)23/h2,4,6,17-18H,3,5,7-15H2,1H3,(H,24,27)/t17-/m0/s1. The molecule has 2 fully saturated rings. The van der Waals surface area contributed by atoms with Crippen molar-refractivity contribution < 1.29 is 18.3 Å². The normalized spacial score (nSPS) is 22.3. The number of hydrogen-bond donors (Lipinski definition) is 1. The Labute approximate surface area is 166 Å². The van der Waals surface area contributed by atoms with Gasteiger partial charge in [-0.2, -0.15) is 0 Å². The molecule has 1 aromatic carbocycles. The number of piperidine rings is 2. The van der Waals surface area contributed by atoms with E-state index in [1.807, 2.05) is 0 Å². The first-order valence-electron chi connectivity index (χ1n) is 10.2. The Morgan fingerprint density at radius 1 is 1.21 bits per heavy atom. The van der Waals surface area contributed by atoms with Crippen LogP contribution in [0.1, 0.15) is 31.2 Å². The molecule has 2 aliphatic heterocycles. The minimum atomic E-state index is -0.782. The van der Waals surface area contributed by atoms with Crippen molar-refractivity contribution in [3.05, 3.63) is 35.4 Å². The Hall–Kier alpha value is -1.57. The number of carbonyl (C=O) groups excluding carboxylic acids is 1. The minimum absolute atomic E-state index is 0.0463. The number of benzene rings is 1. The van der Waals surface area contributed by atoms with Crippen LogP contribution in [0.3, 0.4) is 0 Å². The molecule has 1 amide bonds. The molecule has 1 aromatic rings. The predicted octanol–water partition coefficient (Wildman–Crippen LogP) is 2.40. The van der Waals surface area contributed by atoms with Crippen molar-refractivity contribution in [2.24, 2.45) is 5.92 Å². The van der Waals surface area contributed by atoms with Crippen LogP contribution in [0, 0.1) is 17.6 Å². The molecule has 2 heterocycles. The first-order valence-corrected chi connectivity index (χ1v) is 10.2. The second-order valence-corrected chi connectivity index (χ2v) is 7.84. The fourth-order valence-electron chi connectivity index (χ4n) is 4.33. The Morgan fingerprint density at radius 2 is 2.00 bits per heavy atom. The third kappa shape index (κ3) is 5.49. The van der Waals surface area contributed by atoms with Crippen molar-refractivity contribution >= 4 is 5.91 Å². The second kappa shape index (κ2) is 10.3. The number of halogens is 2. The van der Waals surface area contributed by atoms with Crippen molar-refractivity contribution in [2.45, 2.75) is 38.3 Å². The van der Waals surface area contributed by atoms with Crippen LogP contribution in [0.15, 0.2) is 18.2 Å². The second-order valence-electron chi connectivity index (χ2n) is 7.84. The number of nitrogens with zero attached hydrogens (tertiary/aromatic N) is 2. The van der Waals surface area contributed by atoms with E-state index in [0.717, 1.165) is 57.9 Å². The number of likely N-dealkylation sites (tertiary alicyclic amines) is 2. The summed E-state index contributed by atoms with van der Waals surface area (Å²) in [5.41, 5.74) is 0.421. The SMILES string of the molecule is COCCNC(=O)[C@H]1CCCN(C2CCN(Cc3cccc(F)c3F)CC2)C1. The molecule has 0 radical (unpaired) electrons. The molecule has 3 rings (SSSR count). The summed E-state index contributed by atoms with van der Waals surface area (Å²) in [6, 6.07) is 4.83. The van der Waals surface area contributed by atoms with Gasteiger partial charge in [-0.3, -0.25) is 14.6 Å². The van der Waals surface area contributed by atoms with Gasteiger partial charge in [0.15, 0.2) is 11.6 Å². The highest BCUT2D eigenvalue weighted by atomic mass is 19.2. The summed E-state index contributed by atoms with van der Waals surface area (Å²) in [4.78, 5) is 17.0. The van der Waals surface area contributed by atoms with E-state index >= 15 is 0 Å². The van der Waals surface area contributed by atoms with Gasteiger partial charge in [-0.05, 0) is 51.4 Å². The highest BCUT2D eigenvalue weighted by molar-refractivity contribution is 5.78. The van der Waals surface area contributed by atoms with Gasteiger partial charge >= 0.3 is 0 Å². The molecule has 2 aliphatic rings. The third-order valence-electron chi connectivity index (χ3n) is 5.93. The molecule has 0 bridgehead atoms. The zero-order valence-electron chi connectivity index (χ0n) is 16.6. The number of ether oxygens (including phenoxy) is 1. The van der Waals surface area contributed by atoms with Crippen LogP contribution in [0.2, 0.25) is 0 Å². The smallest absolute Gasteiger partial charge is 0.224 e. The van der Waals surface area contributed by atoms with Gasteiger partial charge in [0.1, 0.15) is 0 Å². The summed E-state index contributed by atoms with van der Waals surface area (Å²) in [7, 11) is 1.63. The lowest BCUT2D eigenvalue weighted by atomic mass is 9.93. The van der Waals surface area contributed by atoms with E-state index in [1.165, 1.54) is 0 Å². The molecule has 1 N–H and O–H groups in total. The first-order chi connectivity index (χ1) is 13.6. The van der Waals surface area contributed by atoms with Gasteiger partial charge in [0.2, 0.25) is 5.91 Å². The van der Waals surface area contributed by atoms with Crippen LogP contribution in [-0.4, -0.2) is 68.2 Å². The zero-order chi connectivity index (χ0) is 19.9. The lowest BCUT2D eigenvalue weighted by Gasteiger charge is -2.42. The fraction of sp³-hybridized carbons (Fsp3) is 0.667. The molecule has 1 atom stereocenters. The topological polar surface area (TPSA) is 44.8 Å². The maximum Gasteiger partial charge on any atom is 0.224 e. The summed E-state index contributed by atoms with van der Waals surface area (Å²) >= 11 is 0. The molecule has 0 unspecified atom stereocenters. The Morgan fingerprint density at radius 3 is 2.75 bits per heavy atom. The molecule has 0 aromatic heterocycles. The van der Waals surface area contributed by atoms with Gasteiger partial charge < -0.3 is 10.1 Å². The van der Waals surface area contributed by atoms with Gasteiger partial charge in [-0.15, -0.1) is 0 Å². The maximum atomic E-state index is 13.9. The number of nitrogens with one attached hydrogen (secondary N) is 1. The van der Waals surface area contributed by atoms with Crippen molar-refractivity contribution in [3.8, 4) is 0 Å². The lowest BCUT2D eigenvalue weighted by molar-refractivity contribution is -0.127. The molecular formula is C21H31F2N3O2. The molecule has 0 spiro atoms. The van der Waals surface area contributed by atoms with Crippen molar-refractivity contribution in [3.63, 3.8) is 0 Å². The lowest BCUT2D eigenvalue weighted by Crippen LogP contribution is -2.50. The summed E-state index contributed by atoms with van der Waals surface area (Å²) < 4.78 is 32.3. The van der Waals surface area contributed by atoms with E-state index in [0.29, 0.717) is 31.3 Å². The Kier molecular flexibility index (Phi) is 7.76. The quantitative estimate of drug-likeness (QED) is 0.720. The van der Waals surface area contributed by atoms with E-state index in [2.05, 4.69) is 15.1 Å². The van der Waals surface area contributed by atoms with Crippen LogP contribution in [0.25, 0.3) is 0 Å². The summed E-state index contributed by atoms with van der Waals surface area (Å²) in [5, 5.41) is 2.96. The van der Waals surface area contributed by atoms with Gasteiger partial charge in [0.25, 0.3) is 0 Å². The molecule has 5 nitrogen and oxygen atoms in total. The number of carbonyl (C=O) groups is 1. The average Bonchev–Trinajstić information content (AvgIpc) is 2.72. The van der Waals surface area contributed by atoms with Crippen LogP contribution in [-0.2, 0) is 16.1 Å². The van der Waals surface area contributed by atoms with Crippen molar-refractivity contribution in [1.29, 1.82) is 0 Å². The molecule has 156 valence electrons. The number of amides is 1. The number of rotatable bonds is 7. The summed E-state index contributed by atoms with van der Waals surface area (Å²) in [6.45, 7) is 5.10. The zero-order valence-corrected chi connectivity index (χ0v) is 16.6. The van der Waals surface area contributed by atoms with Gasteiger partial charge in [-0.25, -0.2) is 8.78 Å². The molecule has 7 heteroatoms. The van der Waals surface area contributed by atoms with Gasteiger partial charge in [0, 0.05) is 38.3 Å². The van der Waals surface area contributed by atoms with Crippen LogP contribution >= 0.6 is 0 Å². The predicted molar refractivity (Wildman–Crippen MR) is 104 cm³/mol. The van der Waals surface area contributed by atoms with Gasteiger partial charge in [-0.1, -0.05) is 12.1 Å². The molecule has 0 aliphatic carbocycles. The van der Waals surface area contributed by atoms with Crippen LogP contribution in [0.5, 0.6) is 0 Å². The van der Waals surface area contributed by atoms with E-state index in [4.69, 9.17) is 4.74 Å². The van der Waals surface area contributed by atoms with E-state index < -0.39 is 11.6 Å². The fourth-order valence-corrected chi connectivity index (χ4v) is 4.33. The van der Waals surface area contributed by atoms with Crippen molar-refractivity contribution in [1.82, 2.24) is 15.1 Å². The first kappa shape index (κ1) is 21.1. The Bertz CT molecular complexity index is 651. The monoisotopic (exact) mass is 395 g/mol. The maximum absolute atomic E-state index is 13.9. The number of hydrogen-bond acceptors (Lipinski definition) is 4. The summed E-state index contributed by atoms with van der Waals surface area (Å²) in [6.07, 6.45) is 3.97.